The van der Waals surface area contributed by atoms with E-state index in [1.54, 1.807) is 5.32 Å². The van der Waals surface area contributed by atoms with E-state index in [-0.39, 0.29) is 4.90 Å². The predicted molar refractivity (Wildman–Crippen MR) is 75.9 cm³/mol. The topological polar surface area (TPSA) is 63.2 Å². The summed E-state index contributed by atoms with van der Waals surface area (Å²) in [7, 11) is -4.06. The molecule has 1 heterocycles. The minimum Gasteiger partial charge on any atom is -0.316 e. The van der Waals surface area contributed by atoms with Crippen LogP contribution in [0, 0.1) is 0 Å². The van der Waals surface area contributed by atoms with Crippen LogP contribution in [0.15, 0.2) is 44.8 Å². The van der Waals surface area contributed by atoms with Gasteiger partial charge in [-0.15, -0.1) is 11.3 Å². The highest BCUT2D eigenvalue weighted by Crippen LogP contribution is 2.32. The van der Waals surface area contributed by atoms with Crippen LogP contribution in [0.2, 0.25) is 5.02 Å². The molecular weight excluding hydrogens is 363 g/mol. The highest BCUT2D eigenvalue weighted by molar-refractivity contribution is 7.91. The van der Waals surface area contributed by atoms with Gasteiger partial charge in [-0.05, 0) is 24.3 Å². The van der Waals surface area contributed by atoms with Gasteiger partial charge in [0, 0.05) is 15.8 Å². The van der Waals surface area contributed by atoms with Crippen molar-refractivity contribution in [2.75, 3.05) is 5.32 Å². The highest BCUT2D eigenvalue weighted by Gasteiger charge is 2.39. The molecule has 1 aromatic carbocycles. The van der Waals surface area contributed by atoms with Crippen LogP contribution >= 0.6 is 22.9 Å². The van der Waals surface area contributed by atoms with Gasteiger partial charge in [-0.2, -0.15) is 13.2 Å². The molecule has 0 saturated heterocycles. The van der Waals surface area contributed by atoms with Crippen molar-refractivity contribution >= 4 is 44.4 Å². The molecule has 0 fully saturated rings. The second-order valence-corrected chi connectivity index (χ2v) is 7.16. The van der Waals surface area contributed by atoms with Crippen molar-refractivity contribution < 1.29 is 26.4 Å². The summed E-state index contributed by atoms with van der Waals surface area (Å²) in [5, 5.41) is 4.14. The van der Waals surface area contributed by atoms with E-state index in [4.69, 9.17) is 11.6 Å². The Bertz CT molecular complexity index is 798. The quantitative estimate of drug-likeness (QED) is 0.896. The molecule has 118 valence electrons. The van der Waals surface area contributed by atoms with Crippen LogP contribution in [0.3, 0.4) is 0 Å². The SMILES string of the molecule is O=C(Nc1cscc1S(=O)(=O)c1ccc(Cl)cc1)C(F)(F)F. The van der Waals surface area contributed by atoms with Crippen LogP contribution < -0.4 is 5.32 Å². The number of benzene rings is 1. The van der Waals surface area contributed by atoms with Crippen molar-refractivity contribution in [2.45, 2.75) is 16.0 Å². The van der Waals surface area contributed by atoms with Gasteiger partial charge in [0.15, 0.2) is 0 Å². The molecule has 0 aliphatic heterocycles. The Kier molecular flexibility index (Phi) is 4.50. The van der Waals surface area contributed by atoms with Gasteiger partial charge in [0.2, 0.25) is 9.84 Å². The van der Waals surface area contributed by atoms with Crippen LogP contribution in [-0.2, 0) is 14.6 Å². The number of amides is 1. The molecule has 1 N–H and O–H groups in total. The fraction of sp³-hybridized carbons (Fsp3) is 0.0833. The molecule has 0 atom stereocenters. The molecule has 2 rings (SSSR count). The largest absolute Gasteiger partial charge is 0.471 e. The molecule has 0 saturated carbocycles. The van der Waals surface area contributed by atoms with Gasteiger partial charge in [0.1, 0.15) is 4.90 Å². The van der Waals surface area contributed by atoms with Gasteiger partial charge >= 0.3 is 12.1 Å². The van der Waals surface area contributed by atoms with Gasteiger partial charge in [-0.3, -0.25) is 4.79 Å². The summed E-state index contributed by atoms with van der Waals surface area (Å²) in [6.07, 6.45) is -5.11. The standard InChI is InChI=1S/C12H7ClF3NO3S2/c13-7-1-3-8(4-2-7)22(19,20)10-6-21-5-9(10)17-11(18)12(14,15)16/h1-6H,(H,17,18). The monoisotopic (exact) mass is 369 g/mol. The smallest absolute Gasteiger partial charge is 0.316 e. The Balaban J connectivity index is 2.40. The third kappa shape index (κ3) is 3.42. The van der Waals surface area contributed by atoms with Crippen LogP contribution in [-0.4, -0.2) is 20.5 Å². The molecule has 22 heavy (non-hydrogen) atoms. The van der Waals surface area contributed by atoms with E-state index in [0.717, 1.165) is 22.1 Å². The summed E-state index contributed by atoms with van der Waals surface area (Å²) < 4.78 is 61.6. The van der Waals surface area contributed by atoms with Gasteiger partial charge in [0.25, 0.3) is 0 Å². The molecule has 0 aliphatic carbocycles. The molecule has 10 heteroatoms. The summed E-state index contributed by atoms with van der Waals surface area (Å²) in [6, 6.07) is 5.14. The molecule has 1 aromatic heterocycles. The normalized spacial score (nSPS) is 12.2. The molecule has 0 bridgehead atoms. The van der Waals surface area contributed by atoms with E-state index < -0.39 is 32.5 Å². The molecule has 2 aromatic rings. The minimum absolute atomic E-state index is 0.141. The third-order valence-corrected chi connectivity index (χ3v) is 5.50. The van der Waals surface area contributed by atoms with Gasteiger partial charge in [-0.1, -0.05) is 11.6 Å². The fourth-order valence-electron chi connectivity index (χ4n) is 1.52. The zero-order valence-electron chi connectivity index (χ0n) is 10.5. The van der Waals surface area contributed by atoms with Gasteiger partial charge in [0.05, 0.1) is 10.6 Å². The Morgan fingerprint density at radius 2 is 1.73 bits per heavy atom. The number of carbonyl (C=O) groups excluding carboxylic acids is 1. The van der Waals surface area contributed by atoms with Crippen molar-refractivity contribution in [3.8, 4) is 0 Å². The number of anilines is 1. The summed E-state index contributed by atoms with van der Waals surface area (Å²) in [5.41, 5.74) is -0.415. The second-order valence-electron chi connectivity index (χ2n) is 4.06. The Morgan fingerprint density at radius 3 is 2.27 bits per heavy atom. The summed E-state index contributed by atoms with van der Waals surface area (Å²) in [6.45, 7) is 0. The molecule has 1 amide bonds. The predicted octanol–water partition coefficient (Wildman–Crippen LogP) is 3.74. The lowest BCUT2D eigenvalue weighted by atomic mass is 10.4. The average molecular weight is 370 g/mol. The van der Waals surface area contributed by atoms with Crippen LogP contribution in [0.25, 0.3) is 0 Å². The zero-order chi connectivity index (χ0) is 16.5. The maximum absolute atomic E-state index is 12.4. The number of carbonyl (C=O) groups is 1. The van der Waals surface area contributed by atoms with Crippen LogP contribution in [0.5, 0.6) is 0 Å². The van der Waals surface area contributed by atoms with E-state index >= 15 is 0 Å². The summed E-state index contributed by atoms with van der Waals surface area (Å²) in [4.78, 5) is 10.4. The highest BCUT2D eigenvalue weighted by atomic mass is 35.5. The Hall–Kier alpha value is -1.58. The number of halogens is 4. The number of hydrogen-bond acceptors (Lipinski definition) is 4. The third-order valence-electron chi connectivity index (χ3n) is 2.55. The lowest BCUT2D eigenvalue weighted by Crippen LogP contribution is -2.30. The number of alkyl halides is 3. The van der Waals surface area contributed by atoms with E-state index in [2.05, 4.69) is 0 Å². The Labute approximate surface area is 132 Å². The van der Waals surface area contributed by atoms with Crippen LogP contribution in [0.1, 0.15) is 0 Å². The molecule has 0 unspecified atom stereocenters. The van der Waals surface area contributed by atoms with Crippen molar-refractivity contribution in [3.63, 3.8) is 0 Å². The molecule has 0 spiro atoms. The maximum Gasteiger partial charge on any atom is 0.471 e. The first-order chi connectivity index (χ1) is 10.1. The number of thiophene rings is 1. The number of rotatable bonds is 3. The molecule has 0 radical (unpaired) electrons. The summed E-state index contributed by atoms with van der Waals surface area (Å²) in [5.74, 6) is -2.24. The van der Waals surface area contributed by atoms with E-state index in [1.807, 2.05) is 0 Å². The molecule has 0 aliphatic rings. The van der Waals surface area contributed by atoms with Crippen LogP contribution in [0.4, 0.5) is 18.9 Å². The fourth-order valence-corrected chi connectivity index (χ4v) is 4.18. The second kappa shape index (κ2) is 5.90. The first-order valence-corrected chi connectivity index (χ1v) is 8.38. The lowest BCUT2D eigenvalue weighted by Gasteiger charge is -2.09. The van der Waals surface area contributed by atoms with E-state index in [0.29, 0.717) is 5.02 Å². The molecular formula is C12H7ClF3NO3S2. The first-order valence-electron chi connectivity index (χ1n) is 5.57. The van der Waals surface area contributed by atoms with Gasteiger partial charge < -0.3 is 5.32 Å². The first kappa shape index (κ1) is 16.8. The average Bonchev–Trinajstić information content (AvgIpc) is 2.87. The van der Waals surface area contributed by atoms with Crippen molar-refractivity contribution in [2.24, 2.45) is 0 Å². The lowest BCUT2D eigenvalue weighted by molar-refractivity contribution is -0.167. The van der Waals surface area contributed by atoms with Gasteiger partial charge in [-0.25, -0.2) is 8.42 Å². The number of sulfone groups is 1. The Morgan fingerprint density at radius 1 is 1.14 bits per heavy atom. The number of hydrogen-bond donors (Lipinski definition) is 1. The minimum atomic E-state index is -5.11. The van der Waals surface area contributed by atoms with Crippen molar-refractivity contribution in [1.82, 2.24) is 0 Å². The van der Waals surface area contributed by atoms with E-state index in [9.17, 15) is 26.4 Å². The van der Waals surface area contributed by atoms with Crippen molar-refractivity contribution in [3.05, 3.63) is 40.0 Å². The zero-order valence-corrected chi connectivity index (χ0v) is 12.9. The van der Waals surface area contributed by atoms with Crippen molar-refractivity contribution in [1.29, 1.82) is 0 Å². The summed E-state index contributed by atoms with van der Waals surface area (Å²) >= 11 is 6.52. The maximum atomic E-state index is 12.4. The molecule has 4 nitrogen and oxygen atoms in total. The van der Waals surface area contributed by atoms with E-state index in [1.165, 1.54) is 24.3 Å². The number of nitrogens with one attached hydrogen (secondary N) is 1.